The maximum atomic E-state index is 5.97. The second-order valence-electron chi connectivity index (χ2n) is 3.55. The molecule has 1 aromatic carbocycles. The van der Waals surface area contributed by atoms with E-state index in [4.69, 9.17) is 17.3 Å². The lowest BCUT2D eigenvalue weighted by Gasteiger charge is -2.11. The molecular formula is C12H12ClN3. The van der Waals surface area contributed by atoms with Crippen molar-refractivity contribution in [3.63, 3.8) is 0 Å². The van der Waals surface area contributed by atoms with Crippen LogP contribution in [-0.4, -0.2) is 4.98 Å². The quantitative estimate of drug-likeness (QED) is 0.782. The zero-order valence-corrected chi connectivity index (χ0v) is 9.62. The third kappa shape index (κ3) is 2.25. The summed E-state index contributed by atoms with van der Waals surface area (Å²) in [5.41, 5.74) is 9.30. The molecule has 16 heavy (non-hydrogen) atoms. The van der Waals surface area contributed by atoms with Crippen molar-refractivity contribution < 1.29 is 0 Å². The Balaban J connectivity index is 2.32. The molecule has 0 radical (unpaired) electrons. The smallest absolute Gasteiger partial charge is 0.0621 e. The summed E-state index contributed by atoms with van der Waals surface area (Å²) in [7, 11) is 0. The highest BCUT2D eigenvalue weighted by Crippen LogP contribution is 2.28. The van der Waals surface area contributed by atoms with E-state index in [1.165, 1.54) is 0 Å². The Morgan fingerprint density at radius 2 is 1.94 bits per heavy atom. The standard InChI is InChI=1S/C12H12ClN3/c1-8-6-12(11(14)7-10(8)13)16-9-2-4-15-5-3-9/h2-7H,14H2,1H3,(H,15,16). The van der Waals surface area contributed by atoms with E-state index in [-0.39, 0.29) is 0 Å². The van der Waals surface area contributed by atoms with Gasteiger partial charge in [0.05, 0.1) is 11.4 Å². The molecule has 1 aromatic heterocycles. The van der Waals surface area contributed by atoms with Crippen LogP contribution in [0.15, 0.2) is 36.7 Å². The van der Waals surface area contributed by atoms with Gasteiger partial charge in [0.25, 0.3) is 0 Å². The van der Waals surface area contributed by atoms with Crippen molar-refractivity contribution in [3.05, 3.63) is 47.2 Å². The van der Waals surface area contributed by atoms with Crippen LogP contribution in [0.1, 0.15) is 5.56 Å². The molecule has 2 rings (SSSR count). The molecule has 0 atom stereocenters. The normalized spacial score (nSPS) is 10.1. The largest absolute Gasteiger partial charge is 0.397 e. The van der Waals surface area contributed by atoms with E-state index >= 15 is 0 Å². The predicted octanol–water partition coefficient (Wildman–Crippen LogP) is 3.37. The van der Waals surface area contributed by atoms with Gasteiger partial charge in [-0.25, -0.2) is 0 Å². The lowest BCUT2D eigenvalue weighted by atomic mass is 10.2. The molecule has 0 fully saturated rings. The van der Waals surface area contributed by atoms with Gasteiger partial charge in [-0.05, 0) is 36.8 Å². The summed E-state index contributed by atoms with van der Waals surface area (Å²) >= 11 is 5.97. The van der Waals surface area contributed by atoms with E-state index in [0.29, 0.717) is 10.7 Å². The van der Waals surface area contributed by atoms with Gasteiger partial charge in [0.1, 0.15) is 0 Å². The van der Waals surface area contributed by atoms with Gasteiger partial charge in [0, 0.05) is 23.1 Å². The molecule has 2 aromatic rings. The lowest BCUT2D eigenvalue weighted by molar-refractivity contribution is 1.32. The maximum absolute atomic E-state index is 5.97. The Morgan fingerprint density at radius 1 is 1.25 bits per heavy atom. The molecule has 4 heteroatoms. The number of nitrogens with zero attached hydrogens (tertiary/aromatic N) is 1. The number of hydrogen-bond donors (Lipinski definition) is 2. The number of halogens is 1. The Hall–Kier alpha value is -1.74. The number of rotatable bonds is 2. The summed E-state index contributed by atoms with van der Waals surface area (Å²) < 4.78 is 0. The second kappa shape index (κ2) is 4.41. The van der Waals surface area contributed by atoms with E-state index in [9.17, 15) is 0 Å². The van der Waals surface area contributed by atoms with Crippen LogP contribution in [0, 0.1) is 6.92 Å². The number of aromatic nitrogens is 1. The molecule has 0 saturated carbocycles. The minimum atomic E-state index is 0.632. The summed E-state index contributed by atoms with van der Waals surface area (Å²) in [5, 5.41) is 3.90. The van der Waals surface area contributed by atoms with Gasteiger partial charge < -0.3 is 11.1 Å². The fourth-order valence-corrected chi connectivity index (χ4v) is 1.57. The number of pyridine rings is 1. The Labute approximate surface area is 99.3 Å². The third-order valence-electron chi connectivity index (χ3n) is 2.29. The van der Waals surface area contributed by atoms with Crippen molar-refractivity contribution in [1.29, 1.82) is 0 Å². The topological polar surface area (TPSA) is 50.9 Å². The summed E-state index contributed by atoms with van der Waals surface area (Å²) in [6, 6.07) is 7.44. The van der Waals surface area contributed by atoms with E-state index in [2.05, 4.69) is 10.3 Å². The molecule has 0 amide bonds. The van der Waals surface area contributed by atoms with Gasteiger partial charge in [0.15, 0.2) is 0 Å². The molecule has 0 aliphatic rings. The van der Waals surface area contributed by atoms with Crippen LogP contribution in [0.3, 0.4) is 0 Å². The average molecular weight is 234 g/mol. The molecule has 3 N–H and O–H groups in total. The van der Waals surface area contributed by atoms with Gasteiger partial charge >= 0.3 is 0 Å². The van der Waals surface area contributed by atoms with Crippen LogP contribution in [0.2, 0.25) is 5.02 Å². The maximum Gasteiger partial charge on any atom is 0.0621 e. The number of nitrogens with one attached hydrogen (secondary N) is 1. The highest BCUT2D eigenvalue weighted by Gasteiger charge is 2.03. The fraction of sp³-hybridized carbons (Fsp3) is 0.0833. The van der Waals surface area contributed by atoms with Crippen LogP contribution >= 0.6 is 11.6 Å². The average Bonchev–Trinajstić information content (AvgIpc) is 2.27. The van der Waals surface area contributed by atoms with Gasteiger partial charge in [-0.1, -0.05) is 11.6 Å². The van der Waals surface area contributed by atoms with Gasteiger partial charge in [-0.3, -0.25) is 4.98 Å². The summed E-state index contributed by atoms with van der Waals surface area (Å²) in [4.78, 5) is 3.95. The molecular weight excluding hydrogens is 222 g/mol. The van der Waals surface area contributed by atoms with E-state index < -0.39 is 0 Å². The van der Waals surface area contributed by atoms with Crippen LogP contribution in [0.25, 0.3) is 0 Å². The minimum absolute atomic E-state index is 0.632. The van der Waals surface area contributed by atoms with E-state index in [1.807, 2.05) is 25.1 Å². The summed E-state index contributed by atoms with van der Waals surface area (Å²) in [5.74, 6) is 0. The number of aryl methyl sites for hydroxylation is 1. The molecule has 0 unspecified atom stereocenters. The molecule has 0 aliphatic heterocycles. The first-order valence-corrected chi connectivity index (χ1v) is 5.27. The SMILES string of the molecule is Cc1cc(Nc2ccncc2)c(N)cc1Cl. The molecule has 0 saturated heterocycles. The van der Waals surface area contributed by atoms with E-state index in [1.54, 1.807) is 18.5 Å². The van der Waals surface area contributed by atoms with Crippen LogP contribution in [-0.2, 0) is 0 Å². The monoisotopic (exact) mass is 233 g/mol. The lowest BCUT2D eigenvalue weighted by Crippen LogP contribution is -1.97. The van der Waals surface area contributed by atoms with Crippen LogP contribution < -0.4 is 11.1 Å². The van der Waals surface area contributed by atoms with Gasteiger partial charge in [-0.2, -0.15) is 0 Å². The van der Waals surface area contributed by atoms with Crippen molar-refractivity contribution >= 4 is 28.7 Å². The molecule has 0 bridgehead atoms. The Kier molecular flexibility index (Phi) is 2.97. The molecule has 3 nitrogen and oxygen atoms in total. The Morgan fingerprint density at radius 3 is 2.62 bits per heavy atom. The van der Waals surface area contributed by atoms with Crippen molar-refractivity contribution in [2.24, 2.45) is 0 Å². The van der Waals surface area contributed by atoms with Crippen molar-refractivity contribution in [2.75, 3.05) is 11.1 Å². The predicted molar refractivity (Wildman–Crippen MR) is 68.1 cm³/mol. The second-order valence-corrected chi connectivity index (χ2v) is 3.96. The number of benzene rings is 1. The summed E-state index contributed by atoms with van der Waals surface area (Å²) in [6.45, 7) is 1.94. The number of nitrogen functional groups attached to an aromatic ring is 1. The van der Waals surface area contributed by atoms with E-state index in [0.717, 1.165) is 16.9 Å². The highest BCUT2D eigenvalue weighted by atomic mass is 35.5. The molecule has 1 heterocycles. The fourth-order valence-electron chi connectivity index (χ4n) is 1.40. The zero-order valence-electron chi connectivity index (χ0n) is 8.87. The highest BCUT2D eigenvalue weighted by molar-refractivity contribution is 6.31. The first kappa shape index (κ1) is 10.8. The number of hydrogen-bond acceptors (Lipinski definition) is 3. The Bertz CT molecular complexity index is 497. The van der Waals surface area contributed by atoms with Crippen molar-refractivity contribution in [3.8, 4) is 0 Å². The van der Waals surface area contributed by atoms with Crippen LogP contribution in [0.5, 0.6) is 0 Å². The molecule has 0 spiro atoms. The van der Waals surface area contributed by atoms with Crippen molar-refractivity contribution in [1.82, 2.24) is 4.98 Å². The van der Waals surface area contributed by atoms with Crippen molar-refractivity contribution in [2.45, 2.75) is 6.92 Å². The summed E-state index contributed by atoms with van der Waals surface area (Å²) in [6.07, 6.45) is 3.45. The first-order valence-electron chi connectivity index (χ1n) is 4.89. The third-order valence-corrected chi connectivity index (χ3v) is 2.70. The molecule has 82 valence electrons. The van der Waals surface area contributed by atoms with Gasteiger partial charge in [-0.15, -0.1) is 0 Å². The molecule has 0 aliphatic carbocycles. The minimum Gasteiger partial charge on any atom is -0.397 e. The first-order chi connectivity index (χ1) is 7.66. The van der Waals surface area contributed by atoms with Crippen LogP contribution in [0.4, 0.5) is 17.1 Å². The number of nitrogens with two attached hydrogens (primary N) is 1. The number of anilines is 3. The van der Waals surface area contributed by atoms with Gasteiger partial charge in [0.2, 0.25) is 0 Å². The zero-order chi connectivity index (χ0) is 11.5.